The number of nitriles is 1. The average Bonchev–Trinajstić information content (AvgIpc) is 3.38. The van der Waals surface area contributed by atoms with Crippen LogP contribution in [0.3, 0.4) is 0 Å². The molecule has 0 saturated carbocycles. The summed E-state index contributed by atoms with van der Waals surface area (Å²) in [4.78, 5) is 11.6. The van der Waals surface area contributed by atoms with Crippen molar-refractivity contribution in [2.75, 3.05) is 5.32 Å². The van der Waals surface area contributed by atoms with E-state index in [9.17, 15) is 10.1 Å². The van der Waals surface area contributed by atoms with Gasteiger partial charge in [-0.1, -0.05) is 18.7 Å². The number of carbonyl (C=O) groups excluding carboxylic acids is 1. The first-order valence-electron chi connectivity index (χ1n) is 9.49. The van der Waals surface area contributed by atoms with Gasteiger partial charge in [0.2, 0.25) is 5.91 Å². The van der Waals surface area contributed by atoms with E-state index < -0.39 is 0 Å². The number of anilines is 1. The van der Waals surface area contributed by atoms with Gasteiger partial charge in [0.1, 0.15) is 6.07 Å². The highest BCUT2D eigenvalue weighted by molar-refractivity contribution is 5.98. The minimum atomic E-state index is -0.240. The van der Waals surface area contributed by atoms with Gasteiger partial charge >= 0.3 is 0 Å². The van der Waals surface area contributed by atoms with Gasteiger partial charge in [-0.15, -0.1) is 0 Å². The lowest BCUT2D eigenvalue weighted by molar-refractivity contribution is -0.111. The number of fused-ring (bicyclic) bond motifs is 1. The lowest BCUT2D eigenvalue weighted by Crippen LogP contribution is -2.07. The molecule has 30 heavy (non-hydrogen) atoms. The van der Waals surface area contributed by atoms with Crippen molar-refractivity contribution in [2.24, 2.45) is 7.05 Å². The van der Waals surface area contributed by atoms with Crippen LogP contribution >= 0.6 is 0 Å². The number of benzene rings is 1. The zero-order chi connectivity index (χ0) is 21.1. The minimum absolute atomic E-state index is 0.240. The van der Waals surface area contributed by atoms with Gasteiger partial charge in [-0.2, -0.15) is 15.5 Å². The fourth-order valence-corrected chi connectivity index (χ4v) is 3.48. The van der Waals surface area contributed by atoms with E-state index in [0.29, 0.717) is 5.56 Å². The molecule has 4 aromatic rings. The zero-order valence-corrected chi connectivity index (χ0v) is 16.5. The van der Waals surface area contributed by atoms with Crippen LogP contribution in [0, 0.1) is 11.3 Å². The van der Waals surface area contributed by atoms with Gasteiger partial charge in [-0.3, -0.25) is 9.48 Å². The molecule has 0 atom stereocenters. The molecule has 0 fully saturated rings. The van der Waals surface area contributed by atoms with Crippen LogP contribution < -0.4 is 5.32 Å². The molecule has 0 radical (unpaired) electrons. The van der Waals surface area contributed by atoms with Gasteiger partial charge < -0.3 is 5.32 Å². The van der Waals surface area contributed by atoms with Crippen molar-refractivity contribution in [1.29, 1.82) is 5.26 Å². The molecule has 1 aromatic carbocycles. The summed E-state index contributed by atoms with van der Waals surface area (Å²) >= 11 is 0. The maximum absolute atomic E-state index is 11.6. The maximum atomic E-state index is 11.6. The first-order valence-corrected chi connectivity index (χ1v) is 9.49. The molecule has 0 saturated heterocycles. The van der Waals surface area contributed by atoms with Crippen molar-refractivity contribution in [1.82, 2.24) is 19.4 Å². The molecule has 4 rings (SSSR count). The first-order chi connectivity index (χ1) is 14.6. The molecular weight excluding hydrogens is 376 g/mol. The molecule has 3 aromatic heterocycles. The summed E-state index contributed by atoms with van der Waals surface area (Å²) in [7, 11) is 1.88. The molecule has 0 spiro atoms. The summed E-state index contributed by atoms with van der Waals surface area (Å²) in [5.74, 6) is -0.240. The smallest absolute Gasteiger partial charge is 0.247 e. The number of nitrogens with zero attached hydrogens (tertiary/aromatic N) is 5. The Balaban J connectivity index is 1.67. The molecule has 3 heterocycles. The van der Waals surface area contributed by atoms with Gasteiger partial charge in [-0.25, -0.2) is 4.52 Å². The third-order valence-corrected chi connectivity index (χ3v) is 4.91. The molecule has 0 aliphatic rings. The second kappa shape index (κ2) is 8.05. The number of aryl methyl sites for hydroxylation is 3. The SMILES string of the molecule is C=CC(=O)Nc1cccc(CCc2cc(-c3cnn(C)c3)cn3ncc(C#N)c23)c1. The summed E-state index contributed by atoms with van der Waals surface area (Å²) in [5.41, 5.74) is 6.20. The van der Waals surface area contributed by atoms with Crippen molar-refractivity contribution in [2.45, 2.75) is 12.8 Å². The Morgan fingerprint density at radius 2 is 2.07 bits per heavy atom. The monoisotopic (exact) mass is 396 g/mol. The second-order valence-electron chi connectivity index (χ2n) is 7.01. The topological polar surface area (TPSA) is 88.0 Å². The van der Waals surface area contributed by atoms with E-state index in [1.807, 2.05) is 49.9 Å². The predicted molar refractivity (Wildman–Crippen MR) is 115 cm³/mol. The van der Waals surface area contributed by atoms with Crippen LogP contribution in [-0.4, -0.2) is 25.3 Å². The number of pyridine rings is 1. The van der Waals surface area contributed by atoms with Crippen LogP contribution in [0.1, 0.15) is 16.7 Å². The van der Waals surface area contributed by atoms with Crippen LogP contribution in [-0.2, 0) is 24.7 Å². The number of nitrogens with one attached hydrogen (secondary N) is 1. The van der Waals surface area contributed by atoms with E-state index in [0.717, 1.165) is 46.3 Å². The highest BCUT2D eigenvalue weighted by Gasteiger charge is 2.13. The average molecular weight is 396 g/mol. The molecule has 7 nitrogen and oxygen atoms in total. The maximum Gasteiger partial charge on any atom is 0.247 e. The van der Waals surface area contributed by atoms with Gasteiger partial charge in [0, 0.05) is 36.3 Å². The Morgan fingerprint density at radius 3 is 2.80 bits per heavy atom. The van der Waals surface area contributed by atoms with Crippen molar-refractivity contribution in [3.63, 3.8) is 0 Å². The Bertz CT molecular complexity index is 1290. The first kappa shape index (κ1) is 19.2. The molecule has 0 aliphatic carbocycles. The van der Waals surface area contributed by atoms with E-state index >= 15 is 0 Å². The number of carbonyl (C=O) groups is 1. The lowest BCUT2D eigenvalue weighted by atomic mass is 10.00. The summed E-state index contributed by atoms with van der Waals surface area (Å²) < 4.78 is 3.52. The molecule has 0 unspecified atom stereocenters. The van der Waals surface area contributed by atoms with E-state index in [4.69, 9.17) is 0 Å². The minimum Gasteiger partial charge on any atom is -0.323 e. The summed E-state index contributed by atoms with van der Waals surface area (Å²) in [6.45, 7) is 3.48. The second-order valence-corrected chi connectivity index (χ2v) is 7.01. The van der Waals surface area contributed by atoms with Crippen molar-refractivity contribution in [3.05, 3.63) is 84.5 Å². The van der Waals surface area contributed by atoms with Gasteiger partial charge in [0.05, 0.1) is 23.5 Å². The molecule has 7 heteroatoms. The van der Waals surface area contributed by atoms with E-state index in [1.54, 1.807) is 15.4 Å². The van der Waals surface area contributed by atoms with E-state index in [1.165, 1.54) is 6.08 Å². The fraction of sp³-hybridized carbons (Fsp3) is 0.130. The molecule has 0 bridgehead atoms. The van der Waals surface area contributed by atoms with E-state index in [-0.39, 0.29) is 5.91 Å². The number of aromatic nitrogens is 4. The van der Waals surface area contributed by atoms with Gasteiger partial charge in [0.15, 0.2) is 0 Å². The molecule has 1 N–H and O–H groups in total. The summed E-state index contributed by atoms with van der Waals surface area (Å²) in [6, 6.07) is 12.1. The Kier molecular flexibility index (Phi) is 5.14. The van der Waals surface area contributed by atoms with Crippen LogP contribution in [0.4, 0.5) is 5.69 Å². The Morgan fingerprint density at radius 1 is 1.20 bits per heavy atom. The third kappa shape index (κ3) is 3.84. The third-order valence-electron chi connectivity index (χ3n) is 4.91. The molecular formula is C23H20N6O. The Hall–Kier alpha value is -4.18. The van der Waals surface area contributed by atoms with Gasteiger partial charge in [0.25, 0.3) is 0 Å². The number of rotatable bonds is 6. The lowest BCUT2D eigenvalue weighted by Gasteiger charge is -2.10. The number of hydrogen-bond acceptors (Lipinski definition) is 4. The van der Waals surface area contributed by atoms with Crippen LogP contribution in [0.25, 0.3) is 16.6 Å². The number of hydrogen-bond donors (Lipinski definition) is 1. The fourth-order valence-electron chi connectivity index (χ4n) is 3.48. The predicted octanol–water partition coefficient (Wildman–Crippen LogP) is 3.52. The van der Waals surface area contributed by atoms with Crippen molar-refractivity contribution >= 4 is 17.1 Å². The van der Waals surface area contributed by atoms with E-state index in [2.05, 4.69) is 34.2 Å². The Labute approximate surface area is 173 Å². The molecule has 0 aliphatic heterocycles. The number of amides is 1. The summed E-state index contributed by atoms with van der Waals surface area (Å²) in [6.07, 6.45) is 9.99. The highest BCUT2D eigenvalue weighted by Crippen LogP contribution is 2.26. The summed E-state index contributed by atoms with van der Waals surface area (Å²) in [5, 5.41) is 20.9. The van der Waals surface area contributed by atoms with Crippen molar-refractivity contribution in [3.8, 4) is 17.2 Å². The van der Waals surface area contributed by atoms with Gasteiger partial charge in [-0.05, 0) is 48.2 Å². The quantitative estimate of drug-likeness (QED) is 0.505. The molecule has 148 valence electrons. The van der Waals surface area contributed by atoms with Crippen molar-refractivity contribution < 1.29 is 4.79 Å². The molecule has 1 amide bonds. The largest absolute Gasteiger partial charge is 0.323 e. The van der Waals surface area contributed by atoms with Crippen LogP contribution in [0.5, 0.6) is 0 Å². The van der Waals surface area contributed by atoms with Crippen LogP contribution in [0.15, 0.2) is 67.8 Å². The highest BCUT2D eigenvalue weighted by atomic mass is 16.1. The normalized spacial score (nSPS) is 10.7. The standard InChI is InChI=1S/C23H20N6O/c1-3-22(30)27-21-6-4-5-16(9-21)7-8-17-10-18(20-13-25-28(2)14-20)15-29-23(17)19(11-24)12-26-29/h3-6,9-10,12-15H,1,7-8H2,2H3,(H,27,30). The zero-order valence-electron chi connectivity index (χ0n) is 16.5. The van der Waals surface area contributed by atoms with Crippen LogP contribution in [0.2, 0.25) is 0 Å².